The fraction of sp³-hybridized carbons (Fsp3) is 0.500. The molecular formula is C6H13Cl2N3. The van der Waals surface area contributed by atoms with Crippen molar-refractivity contribution in [1.82, 2.24) is 10.2 Å². The monoisotopic (exact) mass is 197 g/mol. The van der Waals surface area contributed by atoms with E-state index in [2.05, 4.69) is 17.1 Å². The number of hydrogen-bond acceptors (Lipinski definition) is 2. The minimum absolute atomic E-state index is 0. The molecule has 0 spiro atoms. The van der Waals surface area contributed by atoms with Crippen LogP contribution < -0.4 is 5.73 Å². The zero-order chi connectivity index (χ0) is 6.69. The van der Waals surface area contributed by atoms with Gasteiger partial charge in [-0.3, -0.25) is 5.10 Å². The van der Waals surface area contributed by atoms with Crippen LogP contribution in [0.5, 0.6) is 0 Å². The Kier molecular flexibility index (Phi) is 7.84. The number of nitrogens with one attached hydrogen (secondary N) is 1. The standard InChI is InChI=1S/C6H11N3.2ClH/c1-2-6(7)5-3-8-9-4-5;;/h3-4,6H,2,7H2,1H3,(H,8,9);2*1H. The fourth-order valence-electron chi connectivity index (χ4n) is 0.699. The first-order valence-corrected chi connectivity index (χ1v) is 3.09. The molecule has 1 atom stereocenters. The van der Waals surface area contributed by atoms with E-state index in [1.165, 1.54) is 0 Å². The van der Waals surface area contributed by atoms with Gasteiger partial charge in [-0.05, 0) is 6.42 Å². The summed E-state index contributed by atoms with van der Waals surface area (Å²) in [5.41, 5.74) is 6.76. The second-order valence-corrected chi connectivity index (χ2v) is 2.05. The van der Waals surface area contributed by atoms with Gasteiger partial charge in [0.1, 0.15) is 0 Å². The van der Waals surface area contributed by atoms with Crippen LogP contribution >= 0.6 is 24.8 Å². The predicted octanol–water partition coefficient (Wildman–Crippen LogP) is 1.66. The van der Waals surface area contributed by atoms with Crippen LogP contribution in [0.4, 0.5) is 0 Å². The molecule has 1 heterocycles. The van der Waals surface area contributed by atoms with Crippen LogP contribution in [0, 0.1) is 0 Å². The predicted molar refractivity (Wildman–Crippen MR) is 50.3 cm³/mol. The molecule has 0 saturated carbocycles. The molecule has 1 aromatic rings. The highest BCUT2D eigenvalue weighted by Gasteiger charge is 2.01. The minimum atomic E-state index is 0. The zero-order valence-corrected chi connectivity index (χ0v) is 7.91. The van der Waals surface area contributed by atoms with Gasteiger partial charge in [0.05, 0.1) is 6.20 Å². The second kappa shape index (κ2) is 6.46. The Balaban J connectivity index is 0. The maximum Gasteiger partial charge on any atom is 0.0535 e. The molecule has 11 heavy (non-hydrogen) atoms. The Morgan fingerprint density at radius 1 is 1.64 bits per heavy atom. The SMILES string of the molecule is CCC(N)c1cn[nH]c1.Cl.Cl. The summed E-state index contributed by atoms with van der Waals surface area (Å²) >= 11 is 0. The van der Waals surface area contributed by atoms with Gasteiger partial charge in [0.15, 0.2) is 0 Å². The molecule has 0 radical (unpaired) electrons. The normalized spacial score (nSPS) is 11.1. The van der Waals surface area contributed by atoms with E-state index in [4.69, 9.17) is 5.73 Å². The van der Waals surface area contributed by atoms with Crippen LogP contribution in [0.3, 0.4) is 0 Å². The molecule has 1 unspecified atom stereocenters. The summed E-state index contributed by atoms with van der Waals surface area (Å²) in [6.45, 7) is 2.05. The van der Waals surface area contributed by atoms with Crippen molar-refractivity contribution < 1.29 is 0 Å². The Labute approximate surface area is 78.6 Å². The maximum atomic E-state index is 5.68. The summed E-state index contributed by atoms with van der Waals surface area (Å²) in [4.78, 5) is 0. The van der Waals surface area contributed by atoms with Gasteiger partial charge in [-0.15, -0.1) is 24.8 Å². The Morgan fingerprint density at radius 2 is 2.27 bits per heavy atom. The molecule has 66 valence electrons. The number of hydrogen-bond donors (Lipinski definition) is 2. The van der Waals surface area contributed by atoms with Gasteiger partial charge in [-0.1, -0.05) is 6.92 Å². The Morgan fingerprint density at radius 3 is 2.64 bits per heavy atom. The van der Waals surface area contributed by atoms with E-state index < -0.39 is 0 Å². The summed E-state index contributed by atoms with van der Waals surface area (Å²) in [6.07, 6.45) is 4.54. The third-order valence-corrected chi connectivity index (χ3v) is 1.39. The van der Waals surface area contributed by atoms with Crippen molar-refractivity contribution in [3.05, 3.63) is 18.0 Å². The number of rotatable bonds is 2. The summed E-state index contributed by atoms with van der Waals surface area (Å²) in [7, 11) is 0. The van der Waals surface area contributed by atoms with Crippen LogP contribution in [-0.2, 0) is 0 Å². The average molecular weight is 198 g/mol. The first-order valence-electron chi connectivity index (χ1n) is 3.09. The molecule has 0 saturated heterocycles. The molecular weight excluding hydrogens is 185 g/mol. The summed E-state index contributed by atoms with van der Waals surface area (Å²) in [6, 6.07) is 0.142. The molecule has 5 heteroatoms. The number of aromatic amines is 1. The molecule has 3 N–H and O–H groups in total. The summed E-state index contributed by atoms with van der Waals surface area (Å²) < 4.78 is 0. The molecule has 0 aliphatic carbocycles. The van der Waals surface area contributed by atoms with Crippen LogP contribution in [0.2, 0.25) is 0 Å². The molecule has 0 aromatic carbocycles. The van der Waals surface area contributed by atoms with Crippen molar-refractivity contribution in [2.24, 2.45) is 5.73 Å². The largest absolute Gasteiger partial charge is 0.324 e. The van der Waals surface area contributed by atoms with Crippen molar-refractivity contribution in [1.29, 1.82) is 0 Å². The van der Waals surface area contributed by atoms with E-state index in [-0.39, 0.29) is 30.9 Å². The fourth-order valence-corrected chi connectivity index (χ4v) is 0.699. The van der Waals surface area contributed by atoms with Crippen LogP contribution in [0.25, 0.3) is 0 Å². The van der Waals surface area contributed by atoms with Gasteiger partial charge in [-0.2, -0.15) is 5.10 Å². The molecule has 1 aromatic heterocycles. The third kappa shape index (κ3) is 3.60. The maximum absolute atomic E-state index is 5.68. The summed E-state index contributed by atoms with van der Waals surface area (Å²) in [5, 5.41) is 6.50. The van der Waals surface area contributed by atoms with E-state index in [9.17, 15) is 0 Å². The molecule has 0 aliphatic heterocycles. The highest BCUT2D eigenvalue weighted by Crippen LogP contribution is 2.09. The lowest BCUT2D eigenvalue weighted by atomic mass is 10.1. The number of nitrogens with two attached hydrogens (primary N) is 1. The first kappa shape index (κ1) is 13.3. The van der Waals surface area contributed by atoms with E-state index >= 15 is 0 Å². The van der Waals surface area contributed by atoms with Crippen molar-refractivity contribution in [3.63, 3.8) is 0 Å². The number of aromatic nitrogens is 2. The lowest BCUT2D eigenvalue weighted by Gasteiger charge is -2.02. The molecule has 0 fully saturated rings. The third-order valence-electron chi connectivity index (χ3n) is 1.39. The average Bonchev–Trinajstić information content (AvgIpc) is 2.37. The number of nitrogens with zero attached hydrogens (tertiary/aromatic N) is 1. The Hall–Kier alpha value is -0.250. The molecule has 0 amide bonds. The zero-order valence-electron chi connectivity index (χ0n) is 6.28. The van der Waals surface area contributed by atoms with Crippen molar-refractivity contribution in [2.45, 2.75) is 19.4 Å². The van der Waals surface area contributed by atoms with Gasteiger partial charge in [0, 0.05) is 17.8 Å². The van der Waals surface area contributed by atoms with Gasteiger partial charge < -0.3 is 5.73 Å². The van der Waals surface area contributed by atoms with E-state index in [0.29, 0.717) is 0 Å². The highest BCUT2D eigenvalue weighted by atomic mass is 35.5. The lowest BCUT2D eigenvalue weighted by Crippen LogP contribution is -2.06. The Bertz CT molecular complexity index is 164. The van der Waals surface area contributed by atoms with Gasteiger partial charge >= 0.3 is 0 Å². The quantitative estimate of drug-likeness (QED) is 0.759. The molecule has 3 nitrogen and oxygen atoms in total. The van der Waals surface area contributed by atoms with Gasteiger partial charge in [0.2, 0.25) is 0 Å². The lowest BCUT2D eigenvalue weighted by molar-refractivity contribution is 0.699. The van der Waals surface area contributed by atoms with Crippen molar-refractivity contribution in [2.75, 3.05) is 0 Å². The van der Waals surface area contributed by atoms with Crippen LogP contribution in [0.1, 0.15) is 24.9 Å². The smallest absolute Gasteiger partial charge is 0.0535 e. The van der Waals surface area contributed by atoms with E-state index in [1.54, 1.807) is 6.20 Å². The van der Waals surface area contributed by atoms with E-state index in [0.717, 1.165) is 12.0 Å². The van der Waals surface area contributed by atoms with Crippen molar-refractivity contribution >= 4 is 24.8 Å². The molecule has 0 aliphatic rings. The van der Waals surface area contributed by atoms with Gasteiger partial charge in [0.25, 0.3) is 0 Å². The molecule has 0 bridgehead atoms. The first-order chi connectivity index (χ1) is 4.34. The number of H-pyrrole nitrogens is 1. The van der Waals surface area contributed by atoms with Crippen molar-refractivity contribution in [3.8, 4) is 0 Å². The summed E-state index contributed by atoms with van der Waals surface area (Å²) in [5.74, 6) is 0. The minimum Gasteiger partial charge on any atom is -0.324 e. The van der Waals surface area contributed by atoms with Crippen LogP contribution in [-0.4, -0.2) is 10.2 Å². The van der Waals surface area contributed by atoms with Gasteiger partial charge in [-0.25, -0.2) is 0 Å². The van der Waals surface area contributed by atoms with Crippen LogP contribution in [0.15, 0.2) is 12.4 Å². The number of halogens is 2. The topological polar surface area (TPSA) is 54.7 Å². The second-order valence-electron chi connectivity index (χ2n) is 2.05. The highest BCUT2D eigenvalue weighted by molar-refractivity contribution is 5.85. The molecule has 1 rings (SSSR count). The van der Waals surface area contributed by atoms with E-state index in [1.807, 2.05) is 6.20 Å².